The normalized spacial score (nSPS) is 19.5. The lowest BCUT2D eigenvalue weighted by molar-refractivity contribution is 0.103. The van der Waals surface area contributed by atoms with Crippen LogP contribution in [0.15, 0.2) is 48.7 Å². The number of piperidine rings is 1. The maximum atomic E-state index is 13.0. The summed E-state index contributed by atoms with van der Waals surface area (Å²) >= 11 is 18.7. The summed E-state index contributed by atoms with van der Waals surface area (Å²) < 4.78 is 11.3. The molecule has 5 rings (SSSR count). The molecule has 3 heterocycles. The van der Waals surface area contributed by atoms with Crippen molar-refractivity contribution in [1.29, 1.82) is 0 Å². The molecule has 2 aliphatic rings. The fourth-order valence-corrected chi connectivity index (χ4v) is 5.92. The molecule has 2 atom stereocenters. The van der Waals surface area contributed by atoms with Gasteiger partial charge in [-0.2, -0.15) is 0 Å². The molecular weight excluding hydrogens is 547 g/mol. The molecule has 2 aliphatic heterocycles. The Balaban J connectivity index is 1.24. The van der Waals surface area contributed by atoms with E-state index in [9.17, 15) is 4.79 Å². The summed E-state index contributed by atoms with van der Waals surface area (Å²) in [5.41, 5.74) is 1.55. The monoisotopic (exact) mass is 574 g/mol. The number of ether oxygens (including phenoxy) is 2. The van der Waals surface area contributed by atoms with Crippen LogP contribution >= 0.6 is 34.8 Å². The highest BCUT2D eigenvalue weighted by Gasteiger charge is 2.46. The number of aromatic nitrogens is 2. The van der Waals surface area contributed by atoms with Crippen LogP contribution < -0.4 is 15.0 Å². The summed E-state index contributed by atoms with van der Waals surface area (Å²) in [5, 5.41) is 4.32. The summed E-state index contributed by atoms with van der Waals surface area (Å²) in [5.74, 6) is 1.08. The molecule has 2 fully saturated rings. The standard InChI is InChI=1S/C28H29Cl3N4O3/c1-17(18-6-8-19(37-2)9-7-18)33-22-15-38-16-28(22)10-12-35(13-11-28)23-14-32-25(27(31)34-23)26(36)20-4-3-5-21(29)24(20)30/h3-9,14,17,22,33H,10-13,15-16H2,1-2H3/t17-,22-/m1/s1. The minimum atomic E-state index is -0.415. The Bertz CT molecular complexity index is 1310. The molecule has 2 aromatic carbocycles. The predicted octanol–water partition coefficient (Wildman–Crippen LogP) is 6.01. The third-order valence-corrected chi connectivity index (χ3v) is 8.77. The largest absolute Gasteiger partial charge is 0.497 e. The van der Waals surface area contributed by atoms with E-state index in [1.807, 2.05) is 12.1 Å². The zero-order chi connectivity index (χ0) is 26.9. The van der Waals surface area contributed by atoms with Gasteiger partial charge in [0.1, 0.15) is 17.3 Å². The Morgan fingerprint density at radius 3 is 2.58 bits per heavy atom. The number of benzene rings is 2. The molecule has 0 aliphatic carbocycles. The van der Waals surface area contributed by atoms with Crippen LogP contribution in [0.1, 0.15) is 47.4 Å². The Kier molecular flexibility index (Phi) is 8.12. The Hall–Kier alpha value is -2.42. The third kappa shape index (κ3) is 5.36. The van der Waals surface area contributed by atoms with E-state index < -0.39 is 5.78 Å². The number of methoxy groups -OCH3 is 1. The fourth-order valence-electron chi connectivity index (χ4n) is 5.32. The van der Waals surface area contributed by atoms with E-state index in [1.54, 1.807) is 31.5 Å². The molecular formula is C28H29Cl3N4O3. The molecule has 7 nitrogen and oxygen atoms in total. The van der Waals surface area contributed by atoms with Crippen molar-refractivity contribution in [2.45, 2.75) is 31.8 Å². The van der Waals surface area contributed by atoms with Crippen molar-refractivity contribution in [3.8, 4) is 5.75 Å². The van der Waals surface area contributed by atoms with Gasteiger partial charge in [-0.1, -0.05) is 53.0 Å². The molecule has 0 amide bonds. The maximum Gasteiger partial charge on any atom is 0.216 e. The van der Waals surface area contributed by atoms with Crippen LogP contribution in [0.2, 0.25) is 15.2 Å². The van der Waals surface area contributed by atoms with Crippen molar-refractivity contribution >= 4 is 46.4 Å². The van der Waals surface area contributed by atoms with Crippen LogP contribution in [0.5, 0.6) is 5.75 Å². The molecule has 1 spiro atoms. The Labute approximate surface area is 237 Å². The van der Waals surface area contributed by atoms with Crippen LogP contribution in [0, 0.1) is 5.41 Å². The molecule has 3 aromatic rings. The summed E-state index contributed by atoms with van der Waals surface area (Å²) in [6.45, 7) is 5.18. The van der Waals surface area contributed by atoms with Crippen molar-refractivity contribution in [1.82, 2.24) is 15.3 Å². The zero-order valence-corrected chi connectivity index (χ0v) is 23.5. The third-order valence-electron chi connectivity index (χ3n) is 7.69. The van der Waals surface area contributed by atoms with Gasteiger partial charge in [-0.25, -0.2) is 9.97 Å². The van der Waals surface area contributed by atoms with E-state index in [4.69, 9.17) is 44.3 Å². The summed E-state index contributed by atoms with van der Waals surface area (Å²) in [6.07, 6.45) is 3.48. The highest BCUT2D eigenvalue weighted by Crippen LogP contribution is 2.41. The summed E-state index contributed by atoms with van der Waals surface area (Å²) in [6, 6.07) is 13.5. The van der Waals surface area contributed by atoms with Crippen LogP contribution in [-0.2, 0) is 4.74 Å². The second-order valence-corrected chi connectivity index (χ2v) is 11.0. The first-order valence-corrected chi connectivity index (χ1v) is 13.7. The number of anilines is 1. The zero-order valence-electron chi connectivity index (χ0n) is 21.2. The number of ketones is 1. The lowest BCUT2D eigenvalue weighted by Crippen LogP contribution is -2.51. The quantitative estimate of drug-likeness (QED) is 0.346. The lowest BCUT2D eigenvalue weighted by atomic mass is 9.74. The number of rotatable bonds is 7. The first-order valence-electron chi connectivity index (χ1n) is 12.6. The van der Waals surface area contributed by atoms with E-state index in [0.717, 1.165) is 38.3 Å². The van der Waals surface area contributed by atoms with Gasteiger partial charge in [-0.05, 0) is 49.6 Å². The molecule has 1 aromatic heterocycles. The number of carbonyl (C=O) groups excluding carboxylic acids is 1. The van der Waals surface area contributed by atoms with Gasteiger partial charge in [0.15, 0.2) is 5.15 Å². The maximum absolute atomic E-state index is 13.0. The molecule has 38 heavy (non-hydrogen) atoms. The van der Waals surface area contributed by atoms with Crippen LogP contribution in [0.3, 0.4) is 0 Å². The highest BCUT2D eigenvalue weighted by molar-refractivity contribution is 6.44. The van der Waals surface area contributed by atoms with Crippen LogP contribution in [-0.4, -0.2) is 55.2 Å². The van der Waals surface area contributed by atoms with E-state index in [0.29, 0.717) is 17.4 Å². The first kappa shape index (κ1) is 27.2. The Morgan fingerprint density at radius 2 is 1.89 bits per heavy atom. The van der Waals surface area contributed by atoms with Gasteiger partial charge in [0.05, 0.1) is 36.6 Å². The lowest BCUT2D eigenvalue weighted by Gasteiger charge is -2.43. The predicted molar refractivity (Wildman–Crippen MR) is 150 cm³/mol. The molecule has 2 saturated heterocycles. The summed E-state index contributed by atoms with van der Waals surface area (Å²) in [7, 11) is 1.67. The smallest absolute Gasteiger partial charge is 0.216 e. The molecule has 0 radical (unpaired) electrons. The number of halogens is 3. The average Bonchev–Trinajstić information content (AvgIpc) is 3.31. The molecule has 200 valence electrons. The second-order valence-electron chi connectivity index (χ2n) is 9.88. The van der Waals surface area contributed by atoms with E-state index in [1.165, 1.54) is 5.56 Å². The minimum Gasteiger partial charge on any atom is -0.497 e. The van der Waals surface area contributed by atoms with Crippen molar-refractivity contribution in [2.24, 2.45) is 5.41 Å². The van der Waals surface area contributed by atoms with Crippen molar-refractivity contribution in [3.63, 3.8) is 0 Å². The van der Waals surface area contributed by atoms with Crippen LogP contribution in [0.4, 0.5) is 5.82 Å². The van der Waals surface area contributed by atoms with E-state index >= 15 is 0 Å². The Morgan fingerprint density at radius 1 is 1.16 bits per heavy atom. The molecule has 0 unspecified atom stereocenters. The highest BCUT2D eigenvalue weighted by atomic mass is 35.5. The molecule has 10 heteroatoms. The van der Waals surface area contributed by atoms with Crippen molar-refractivity contribution in [2.75, 3.05) is 38.3 Å². The molecule has 0 bridgehead atoms. The summed E-state index contributed by atoms with van der Waals surface area (Å²) in [4.78, 5) is 24.0. The average molecular weight is 576 g/mol. The van der Waals surface area contributed by atoms with Crippen molar-refractivity contribution < 1.29 is 14.3 Å². The SMILES string of the molecule is COc1ccc([C@@H](C)N[C@@H]2COCC23CCN(c2cnc(C(=O)c4cccc(Cl)c4Cl)c(Cl)n2)CC3)cc1. The first-order chi connectivity index (χ1) is 18.3. The van der Waals surface area contributed by atoms with E-state index in [2.05, 4.69) is 39.2 Å². The number of nitrogens with one attached hydrogen (secondary N) is 1. The van der Waals surface area contributed by atoms with Gasteiger partial charge < -0.3 is 19.7 Å². The number of hydrogen-bond donors (Lipinski definition) is 1. The van der Waals surface area contributed by atoms with Gasteiger partial charge in [0, 0.05) is 36.2 Å². The minimum absolute atomic E-state index is 0.0425. The molecule has 1 N–H and O–H groups in total. The van der Waals surface area contributed by atoms with Gasteiger partial charge >= 0.3 is 0 Å². The van der Waals surface area contributed by atoms with E-state index in [-0.39, 0.29) is 38.9 Å². The fraction of sp³-hybridized carbons (Fsp3) is 0.393. The van der Waals surface area contributed by atoms with Gasteiger partial charge in [0.25, 0.3) is 0 Å². The second kappa shape index (κ2) is 11.4. The number of nitrogens with zero attached hydrogens (tertiary/aromatic N) is 3. The van der Waals surface area contributed by atoms with Gasteiger partial charge in [-0.3, -0.25) is 4.79 Å². The topological polar surface area (TPSA) is 76.6 Å². The van der Waals surface area contributed by atoms with Crippen molar-refractivity contribution in [3.05, 3.63) is 80.7 Å². The van der Waals surface area contributed by atoms with Gasteiger partial charge in [-0.15, -0.1) is 0 Å². The number of hydrogen-bond acceptors (Lipinski definition) is 7. The van der Waals surface area contributed by atoms with Crippen LogP contribution in [0.25, 0.3) is 0 Å². The molecule has 0 saturated carbocycles. The van der Waals surface area contributed by atoms with Gasteiger partial charge in [0.2, 0.25) is 5.78 Å². The number of carbonyl (C=O) groups is 1.